The number of thiol groups is 1. The van der Waals surface area contributed by atoms with Crippen LogP contribution in [-0.2, 0) is 14.4 Å². The lowest BCUT2D eigenvalue weighted by Crippen LogP contribution is -2.45. The van der Waals surface area contributed by atoms with E-state index in [0.717, 1.165) is 4.90 Å². The van der Waals surface area contributed by atoms with Crippen LogP contribution in [0.5, 0.6) is 0 Å². The highest BCUT2D eigenvalue weighted by Gasteiger charge is 2.49. The van der Waals surface area contributed by atoms with Crippen LogP contribution in [0.15, 0.2) is 0 Å². The van der Waals surface area contributed by atoms with E-state index in [0.29, 0.717) is 6.42 Å². The lowest BCUT2D eigenvalue weighted by atomic mass is 10.0. The molecule has 0 aromatic heterocycles. The molecular weight excluding hydrogens is 346 g/mol. The van der Waals surface area contributed by atoms with Gasteiger partial charge >= 0.3 is 12.0 Å². The standard InChI is InChI=1S/C16H27N3O5S/c1-9(2)8-10(13(21)22)17-12(20)11(25)6-7-19-14(23)16(3,4)18(5)15(19)24/h9-11,25H,6-8H2,1-5H3,(H,17,20)(H,21,22)/t10-,11-/m0/s1. The molecule has 1 aliphatic heterocycles. The smallest absolute Gasteiger partial charge is 0.327 e. The fourth-order valence-electron chi connectivity index (χ4n) is 2.52. The molecule has 8 nitrogen and oxygen atoms in total. The number of likely N-dealkylation sites (N-methyl/N-ethyl adjacent to an activating group) is 1. The summed E-state index contributed by atoms with van der Waals surface area (Å²) in [5.41, 5.74) is -0.920. The average molecular weight is 373 g/mol. The van der Waals surface area contributed by atoms with Gasteiger partial charge in [-0.15, -0.1) is 0 Å². The van der Waals surface area contributed by atoms with Crippen molar-refractivity contribution in [3.63, 3.8) is 0 Å². The Bertz CT molecular complexity index is 564. The number of amides is 4. The van der Waals surface area contributed by atoms with E-state index >= 15 is 0 Å². The molecule has 0 aromatic carbocycles. The number of carboxylic acid groups (broad SMARTS) is 1. The zero-order valence-electron chi connectivity index (χ0n) is 15.3. The van der Waals surface area contributed by atoms with Gasteiger partial charge in [-0.3, -0.25) is 14.5 Å². The Hall–Kier alpha value is -1.77. The first-order valence-electron chi connectivity index (χ1n) is 8.20. The molecule has 142 valence electrons. The molecule has 0 bridgehead atoms. The first kappa shape index (κ1) is 21.3. The molecule has 4 amide bonds. The molecule has 1 rings (SSSR count). The van der Waals surface area contributed by atoms with Crippen molar-refractivity contribution in [2.24, 2.45) is 5.92 Å². The van der Waals surface area contributed by atoms with Gasteiger partial charge in [-0.2, -0.15) is 12.6 Å². The number of nitrogens with zero attached hydrogens (tertiary/aromatic N) is 2. The Morgan fingerprint density at radius 1 is 1.28 bits per heavy atom. The predicted octanol–water partition coefficient (Wildman–Crippen LogP) is 0.963. The summed E-state index contributed by atoms with van der Waals surface area (Å²) in [6, 6.07) is -1.40. The van der Waals surface area contributed by atoms with Crippen LogP contribution >= 0.6 is 12.6 Å². The molecule has 0 saturated carbocycles. The summed E-state index contributed by atoms with van der Waals surface area (Å²) in [5.74, 6) is -1.85. The van der Waals surface area contributed by atoms with Gasteiger partial charge in [0, 0.05) is 13.6 Å². The van der Waals surface area contributed by atoms with Crippen molar-refractivity contribution >= 4 is 36.4 Å². The number of carbonyl (C=O) groups excluding carboxylic acids is 3. The second-order valence-electron chi connectivity index (χ2n) is 7.19. The van der Waals surface area contributed by atoms with E-state index in [9.17, 15) is 19.2 Å². The lowest BCUT2D eigenvalue weighted by Gasteiger charge is -2.22. The van der Waals surface area contributed by atoms with Crippen molar-refractivity contribution in [3.8, 4) is 0 Å². The van der Waals surface area contributed by atoms with Crippen molar-refractivity contribution in [2.75, 3.05) is 13.6 Å². The highest BCUT2D eigenvalue weighted by molar-refractivity contribution is 7.81. The Morgan fingerprint density at radius 3 is 2.24 bits per heavy atom. The molecule has 0 aromatic rings. The van der Waals surface area contributed by atoms with E-state index in [4.69, 9.17) is 5.11 Å². The molecule has 25 heavy (non-hydrogen) atoms. The second-order valence-corrected chi connectivity index (χ2v) is 7.81. The fourth-order valence-corrected chi connectivity index (χ4v) is 2.71. The molecule has 0 aliphatic carbocycles. The minimum Gasteiger partial charge on any atom is -0.480 e. The number of rotatable bonds is 8. The van der Waals surface area contributed by atoms with E-state index in [1.54, 1.807) is 20.9 Å². The van der Waals surface area contributed by atoms with Gasteiger partial charge in [0.05, 0.1) is 5.25 Å². The summed E-state index contributed by atoms with van der Waals surface area (Å²) in [5, 5.41) is 10.8. The predicted molar refractivity (Wildman–Crippen MR) is 95.4 cm³/mol. The Morgan fingerprint density at radius 2 is 1.84 bits per heavy atom. The number of aliphatic carboxylic acids is 1. The van der Waals surface area contributed by atoms with E-state index in [1.165, 1.54) is 4.90 Å². The molecule has 1 fully saturated rings. The number of carboxylic acids is 1. The molecule has 9 heteroatoms. The number of hydrogen-bond acceptors (Lipinski definition) is 5. The molecule has 2 N–H and O–H groups in total. The second kappa shape index (κ2) is 8.07. The van der Waals surface area contributed by atoms with Crippen LogP contribution in [0.4, 0.5) is 4.79 Å². The molecule has 0 unspecified atom stereocenters. The van der Waals surface area contributed by atoms with Gasteiger partial charge in [-0.1, -0.05) is 13.8 Å². The normalized spacial score (nSPS) is 19.3. The molecule has 0 radical (unpaired) electrons. The van der Waals surface area contributed by atoms with E-state index < -0.39 is 34.7 Å². The van der Waals surface area contributed by atoms with Gasteiger partial charge < -0.3 is 15.3 Å². The molecule has 0 spiro atoms. The largest absolute Gasteiger partial charge is 0.480 e. The van der Waals surface area contributed by atoms with Crippen molar-refractivity contribution in [1.29, 1.82) is 0 Å². The zero-order valence-corrected chi connectivity index (χ0v) is 16.2. The van der Waals surface area contributed by atoms with Crippen molar-refractivity contribution in [1.82, 2.24) is 15.1 Å². The SMILES string of the molecule is CC(C)C[C@H](NC(=O)[C@@H](S)CCN1C(=O)N(C)C(C)(C)C1=O)C(=O)O. The third kappa shape index (κ3) is 4.87. The summed E-state index contributed by atoms with van der Waals surface area (Å²) in [6.45, 7) is 7.09. The van der Waals surface area contributed by atoms with Crippen LogP contribution in [-0.4, -0.2) is 69.1 Å². The Kier molecular flexibility index (Phi) is 6.87. The molecule has 1 heterocycles. The monoisotopic (exact) mass is 373 g/mol. The van der Waals surface area contributed by atoms with Crippen LogP contribution in [0, 0.1) is 5.92 Å². The number of hydrogen-bond donors (Lipinski definition) is 3. The lowest BCUT2D eigenvalue weighted by molar-refractivity contribution is -0.142. The minimum atomic E-state index is -1.10. The van der Waals surface area contributed by atoms with Gasteiger partial charge in [0.1, 0.15) is 11.6 Å². The summed E-state index contributed by atoms with van der Waals surface area (Å²) >= 11 is 4.19. The fraction of sp³-hybridized carbons (Fsp3) is 0.750. The molecule has 1 saturated heterocycles. The van der Waals surface area contributed by atoms with Crippen LogP contribution in [0.25, 0.3) is 0 Å². The quantitative estimate of drug-likeness (QED) is 0.434. The first-order chi connectivity index (χ1) is 11.4. The van der Waals surface area contributed by atoms with E-state index in [2.05, 4.69) is 17.9 Å². The minimum absolute atomic E-state index is 0.0505. The van der Waals surface area contributed by atoms with Crippen LogP contribution in [0.3, 0.4) is 0 Å². The molecule has 2 atom stereocenters. The maximum absolute atomic E-state index is 12.3. The maximum atomic E-state index is 12.3. The van der Waals surface area contributed by atoms with Crippen molar-refractivity contribution in [3.05, 3.63) is 0 Å². The molecular formula is C16H27N3O5S. The van der Waals surface area contributed by atoms with Crippen molar-refractivity contribution in [2.45, 2.75) is 57.4 Å². The summed E-state index contributed by atoms with van der Waals surface area (Å²) in [4.78, 5) is 50.2. The topological polar surface area (TPSA) is 107 Å². The first-order valence-corrected chi connectivity index (χ1v) is 8.72. The van der Waals surface area contributed by atoms with Crippen LogP contribution in [0.1, 0.15) is 40.5 Å². The highest BCUT2D eigenvalue weighted by atomic mass is 32.1. The van der Waals surface area contributed by atoms with E-state index in [-0.39, 0.29) is 24.8 Å². The number of nitrogens with one attached hydrogen (secondary N) is 1. The number of imide groups is 1. The zero-order chi connectivity index (χ0) is 19.5. The summed E-state index contributed by atoms with van der Waals surface area (Å²) < 4.78 is 0. The third-order valence-electron chi connectivity index (χ3n) is 4.38. The number of carbonyl (C=O) groups is 4. The Labute approximate surface area is 153 Å². The summed E-state index contributed by atoms with van der Waals surface area (Å²) in [6.07, 6.45) is 0.452. The van der Waals surface area contributed by atoms with Crippen molar-refractivity contribution < 1.29 is 24.3 Å². The maximum Gasteiger partial charge on any atom is 0.327 e. The van der Waals surface area contributed by atoms with Gasteiger partial charge in [-0.25, -0.2) is 9.59 Å². The Balaban J connectivity index is 2.63. The van der Waals surface area contributed by atoms with Gasteiger partial charge in [-0.05, 0) is 32.6 Å². The van der Waals surface area contributed by atoms with Crippen LogP contribution < -0.4 is 5.32 Å². The van der Waals surface area contributed by atoms with Crippen LogP contribution in [0.2, 0.25) is 0 Å². The average Bonchev–Trinajstić information content (AvgIpc) is 2.64. The summed E-state index contributed by atoms with van der Waals surface area (Å²) in [7, 11) is 1.55. The van der Waals surface area contributed by atoms with E-state index in [1.807, 2.05) is 13.8 Å². The number of urea groups is 1. The van der Waals surface area contributed by atoms with Gasteiger partial charge in [0.2, 0.25) is 5.91 Å². The van der Waals surface area contributed by atoms with Gasteiger partial charge in [0.15, 0.2) is 0 Å². The highest BCUT2D eigenvalue weighted by Crippen LogP contribution is 2.26. The van der Waals surface area contributed by atoms with Gasteiger partial charge in [0.25, 0.3) is 5.91 Å². The third-order valence-corrected chi connectivity index (χ3v) is 4.87. The molecule has 1 aliphatic rings.